The lowest BCUT2D eigenvalue weighted by Gasteiger charge is -2.49. The minimum absolute atomic E-state index is 0.262. The Morgan fingerprint density at radius 3 is 2.60 bits per heavy atom. The second-order valence-electron chi connectivity index (χ2n) is 10.5. The van der Waals surface area contributed by atoms with Gasteiger partial charge in [0.25, 0.3) is 5.91 Å². The molecule has 2 fully saturated rings. The Hall–Kier alpha value is -2.70. The summed E-state index contributed by atoms with van der Waals surface area (Å²) in [6.07, 6.45) is 8.39. The fraction of sp³-hybridized carbons (Fsp3) is 0.517. The number of carbonyl (C=O) groups excluding carboxylic acids is 2. The molecular formula is C29H37NO5. The molecule has 0 aromatic heterocycles. The molecule has 8 atom stereocenters. The number of hydrogen-bond acceptors (Lipinski definition) is 5. The van der Waals surface area contributed by atoms with E-state index in [1.54, 1.807) is 0 Å². The van der Waals surface area contributed by atoms with E-state index in [4.69, 9.17) is 4.74 Å². The van der Waals surface area contributed by atoms with Crippen molar-refractivity contribution in [2.24, 2.45) is 23.7 Å². The van der Waals surface area contributed by atoms with Crippen molar-refractivity contribution in [1.82, 2.24) is 5.32 Å². The van der Waals surface area contributed by atoms with Crippen molar-refractivity contribution in [1.29, 1.82) is 0 Å². The van der Waals surface area contributed by atoms with Gasteiger partial charge in [0.15, 0.2) is 0 Å². The fourth-order valence-corrected chi connectivity index (χ4v) is 6.09. The van der Waals surface area contributed by atoms with Crippen molar-refractivity contribution in [3.63, 3.8) is 0 Å². The molecule has 1 aliphatic carbocycles. The van der Waals surface area contributed by atoms with Crippen LogP contribution in [0.4, 0.5) is 0 Å². The fourth-order valence-electron chi connectivity index (χ4n) is 6.09. The minimum Gasteiger partial charge on any atom is -0.445 e. The van der Waals surface area contributed by atoms with Crippen LogP contribution >= 0.6 is 0 Å². The Kier molecular flexibility index (Phi) is 7.62. The standard InChI is InChI=1S/C29H37NO5/c1-18-9-7-13-22(31)15-16-25(32)35-29-23(14-8-10-18)27(33)20(3)19(2)26(29)24(30-28(29)34)17-21-11-5-4-6-12-21/h4-6,8,11-12,14-16,18-19,22-24,26-27,31,33H,3,7,9-10,13,17H2,1-2H3,(H,30,34)/b14-8+,16-15-/t18-,19-,22+,23+,24+,26+,27-,29-/m1/s1. The summed E-state index contributed by atoms with van der Waals surface area (Å²) in [7, 11) is 0. The van der Waals surface area contributed by atoms with E-state index >= 15 is 0 Å². The smallest absolute Gasteiger partial charge is 0.331 e. The third kappa shape index (κ3) is 5.00. The number of aliphatic hydroxyl groups is 2. The van der Waals surface area contributed by atoms with Crippen LogP contribution < -0.4 is 5.32 Å². The molecule has 2 aliphatic heterocycles. The molecule has 1 amide bonds. The lowest BCUT2D eigenvalue weighted by atomic mass is 9.59. The number of rotatable bonds is 2. The SMILES string of the molecule is C=C1[C@@H](C)[C@H]2[C@H](Cc3ccccc3)NC(=O)[C@]23OC(=O)/C=C\[C@@H](O)CCC[C@@H](C)C/C=C/[C@H]3[C@@H]1O. The van der Waals surface area contributed by atoms with Gasteiger partial charge in [-0.15, -0.1) is 0 Å². The normalized spacial score (nSPS) is 40.0. The van der Waals surface area contributed by atoms with Crippen LogP contribution in [0.3, 0.4) is 0 Å². The second kappa shape index (κ2) is 10.5. The zero-order valence-corrected chi connectivity index (χ0v) is 20.6. The molecule has 1 aromatic carbocycles. The molecule has 4 rings (SSSR count). The highest BCUT2D eigenvalue weighted by Gasteiger charge is 2.67. The van der Waals surface area contributed by atoms with E-state index in [1.165, 1.54) is 12.2 Å². The van der Waals surface area contributed by atoms with Gasteiger partial charge in [-0.1, -0.05) is 75.8 Å². The number of hydrogen-bond donors (Lipinski definition) is 3. The lowest BCUT2D eigenvalue weighted by molar-refractivity contribution is -0.182. The van der Waals surface area contributed by atoms with E-state index in [2.05, 4.69) is 18.8 Å². The van der Waals surface area contributed by atoms with Crippen LogP contribution in [-0.2, 0) is 20.7 Å². The molecule has 6 heteroatoms. The Balaban J connectivity index is 1.78. The molecule has 1 spiro atoms. The van der Waals surface area contributed by atoms with Crippen molar-refractivity contribution in [3.8, 4) is 0 Å². The van der Waals surface area contributed by atoms with Crippen molar-refractivity contribution in [2.45, 2.75) is 69.8 Å². The third-order valence-electron chi connectivity index (χ3n) is 8.04. The van der Waals surface area contributed by atoms with E-state index in [9.17, 15) is 19.8 Å². The van der Waals surface area contributed by atoms with Gasteiger partial charge in [-0.3, -0.25) is 4.79 Å². The number of amides is 1. The number of esters is 1. The summed E-state index contributed by atoms with van der Waals surface area (Å²) >= 11 is 0. The van der Waals surface area contributed by atoms with Gasteiger partial charge in [0.2, 0.25) is 5.60 Å². The summed E-state index contributed by atoms with van der Waals surface area (Å²) in [6.45, 7) is 8.27. The van der Waals surface area contributed by atoms with Gasteiger partial charge in [-0.25, -0.2) is 4.79 Å². The van der Waals surface area contributed by atoms with Crippen LogP contribution in [-0.4, -0.2) is 45.9 Å². The van der Waals surface area contributed by atoms with E-state index in [0.717, 1.165) is 24.8 Å². The second-order valence-corrected chi connectivity index (χ2v) is 10.5. The zero-order chi connectivity index (χ0) is 25.2. The highest BCUT2D eigenvalue weighted by molar-refractivity contribution is 5.94. The average molecular weight is 480 g/mol. The molecule has 0 radical (unpaired) electrons. The van der Waals surface area contributed by atoms with Crippen LogP contribution in [0.1, 0.15) is 45.1 Å². The maximum atomic E-state index is 13.7. The molecule has 6 nitrogen and oxygen atoms in total. The van der Waals surface area contributed by atoms with Gasteiger partial charge in [0.05, 0.1) is 18.1 Å². The van der Waals surface area contributed by atoms with E-state index < -0.39 is 35.6 Å². The first-order valence-corrected chi connectivity index (χ1v) is 12.7. The van der Waals surface area contributed by atoms with Crippen molar-refractivity contribution in [3.05, 3.63) is 72.4 Å². The maximum Gasteiger partial charge on any atom is 0.331 e. The van der Waals surface area contributed by atoms with Crippen molar-refractivity contribution < 1.29 is 24.5 Å². The number of carbonyl (C=O) groups is 2. The molecule has 3 N–H and O–H groups in total. The lowest BCUT2D eigenvalue weighted by Crippen LogP contribution is -2.61. The molecule has 0 unspecified atom stereocenters. The average Bonchev–Trinajstić information content (AvgIpc) is 3.09. The van der Waals surface area contributed by atoms with Gasteiger partial charge < -0.3 is 20.3 Å². The predicted molar refractivity (Wildman–Crippen MR) is 134 cm³/mol. The number of nitrogens with one attached hydrogen (secondary N) is 1. The number of allylic oxidation sites excluding steroid dienone is 1. The van der Waals surface area contributed by atoms with Crippen LogP contribution in [0.15, 0.2) is 66.8 Å². The maximum absolute atomic E-state index is 13.7. The molecule has 0 bridgehead atoms. The van der Waals surface area contributed by atoms with Crippen LogP contribution in [0, 0.1) is 23.7 Å². The van der Waals surface area contributed by atoms with E-state index in [-0.39, 0.29) is 17.9 Å². The van der Waals surface area contributed by atoms with Gasteiger partial charge in [0, 0.05) is 18.0 Å². The third-order valence-corrected chi connectivity index (χ3v) is 8.04. The Morgan fingerprint density at radius 1 is 1.11 bits per heavy atom. The number of aliphatic hydroxyl groups excluding tert-OH is 2. The molecule has 3 aliphatic rings. The Morgan fingerprint density at radius 2 is 1.86 bits per heavy atom. The van der Waals surface area contributed by atoms with Crippen LogP contribution in [0.2, 0.25) is 0 Å². The molecule has 1 aromatic rings. The summed E-state index contributed by atoms with van der Waals surface area (Å²) in [5.41, 5.74) is 0.136. The summed E-state index contributed by atoms with van der Waals surface area (Å²) < 4.78 is 6.05. The first kappa shape index (κ1) is 25.4. The molecule has 2 heterocycles. The molecule has 1 saturated heterocycles. The van der Waals surface area contributed by atoms with Gasteiger partial charge >= 0.3 is 5.97 Å². The summed E-state index contributed by atoms with van der Waals surface area (Å²) in [5, 5.41) is 24.7. The highest BCUT2D eigenvalue weighted by atomic mass is 16.6. The highest BCUT2D eigenvalue weighted by Crippen LogP contribution is 2.52. The topological polar surface area (TPSA) is 95.9 Å². The monoisotopic (exact) mass is 479 g/mol. The summed E-state index contributed by atoms with van der Waals surface area (Å²) in [6, 6.07) is 9.59. The summed E-state index contributed by atoms with van der Waals surface area (Å²) in [5.74, 6) is -2.13. The first-order valence-electron chi connectivity index (χ1n) is 12.7. The summed E-state index contributed by atoms with van der Waals surface area (Å²) in [4.78, 5) is 26.8. The van der Waals surface area contributed by atoms with Crippen LogP contribution in [0.25, 0.3) is 0 Å². The Bertz CT molecular complexity index is 1000. The van der Waals surface area contributed by atoms with Crippen LogP contribution in [0.5, 0.6) is 0 Å². The minimum atomic E-state index is -1.57. The van der Waals surface area contributed by atoms with Gasteiger partial charge in [-0.2, -0.15) is 0 Å². The van der Waals surface area contributed by atoms with E-state index in [0.29, 0.717) is 24.3 Å². The van der Waals surface area contributed by atoms with Gasteiger partial charge in [0.1, 0.15) is 0 Å². The quantitative estimate of drug-likeness (QED) is 0.446. The van der Waals surface area contributed by atoms with E-state index in [1.807, 2.05) is 49.4 Å². The zero-order valence-electron chi connectivity index (χ0n) is 20.6. The first-order chi connectivity index (χ1) is 16.7. The van der Waals surface area contributed by atoms with Crippen molar-refractivity contribution >= 4 is 11.9 Å². The van der Waals surface area contributed by atoms with Gasteiger partial charge in [-0.05, 0) is 48.3 Å². The molecule has 1 saturated carbocycles. The largest absolute Gasteiger partial charge is 0.445 e. The molecular weight excluding hydrogens is 442 g/mol. The Labute approximate surface area is 207 Å². The molecule has 188 valence electrons. The number of benzene rings is 1. The number of ether oxygens (including phenoxy) is 1. The predicted octanol–water partition coefficient (Wildman–Crippen LogP) is 3.49. The molecule has 35 heavy (non-hydrogen) atoms. The van der Waals surface area contributed by atoms with Crippen molar-refractivity contribution in [2.75, 3.05) is 0 Å².